The maximum absolute atomic E-state index is 15.1. The average molecular weight is 448 g/mol. The van der Waals surface area contributed by atoms with E-state index < -0.39 is 17.9 Å². The molecule has 1 amide bonds. The molecule has 1 aliphatic rings. The molecule has 0 unspecified atom stereocenters. The van der Waals surface area contributed by atoms with Crippen LogP contribution in [0.15, 0.2) is 24.4 Å². The summed E-state index contributed by atoms with van der Waals surface area (Å²) in [6.45, 7) is 0. The van der Waals surface area contributed by atoms with Gasteiger partial charge in [0.25, 0.3) is 0 Å². The van der Waals surface area contributed by atoms with Gasteiger partial charge < -0.3 is 10.2 Å². The van der Waals surface area contributed by atoms with E-state index in [2.05, 4.69) is 20.5 Å². The molecule has 2 heterocycles. The highest BCUT2D eigenvalue weighted by Crippen LogP contribution is 2.43. The number of nitrogens with one attached hydrogen (secondary N) is 2. The molecule has 2 aromatic carbocycles. The summed E-state index contributed by atoms with van der Waals surface area (Å²) >= 11 is 7.72. The number of aromatic amines is 1. The Hall–Kier alpha value is -2.78. The predicted octanol–water partition coefficient (Wildman–Crippen LogP) is 4.99. The normalized spacial score (nSPS) is 18.2. The van der Waals surface area contributed by atoms with Crippen LogP contribution in [-0.4, -0.2) is 41.4 Å². The van der Waals surface area contributed by atoms with E-state index >= 15 is 4.39 Å². The molecule has 0 spiro atoms. The number of halogens is 3. The van der Waals surface area contributed by atoms with Crippen molar-refractivity contribution in [2.75, 3.05) is 24.3 Å². The summed E-state index contributed by atoms with van der Waals surface area (Å²) in [5, 5.41) is 10.7. The van der Waals surface area contributed by atoms with E-state index in [4.69, 9.17) is 11.6 Å². The minimum absolute atomic E-state index is 0.00714. The fourth-order valence-corrected chi connectivity index (χ4v) is 4.78. The molecule has 0 radical (unpaired) electrons. The Bertz CT molecular complexity index is 1320. The van der Waals surface area contributed by atoms with E-state index in [1.807, 2.05) is 6.07 Å². The highest BCUT2D eigenvalue weighted by molar-refractivity contribution is 7.22. The van der Waals surface area contributed by atoms with Crippen molar-refractivity contribution in [2.45, 2.75) is 12.6 Å². The standard InChI is InChI=1S/C20H16ClF2N5OS/c1-28(2)18-16(23)15(21)14(10-7-24-27-17(10)18)8-3-4-12-13(5-8)30-20(25-12)26-19(29)9-6-11(9)22/h3-5,7,9,11H,6H2,1-2H3,(H,24,27)(H,25,26,29)/t9-,11+/m1/s1. The van der Waals surface area contributed by atoms with Crippen molar-refractivity contribution in [3.05, 3.63) is 35.2 Å². The lowest BCUT2D eigenvalue weighted by Gasteiger charge is -2.18. The summed E-state index contributed by atoms with van der Waals surface area (Å²) in [4.78, 5) is 18.0. The summed E-state index contributed by atoms with van der Waals surface area (Å²) in [5.41, 5.74) is 2.81. The zero-order valence-electron chi connectivity index (χ0n) is 16.0. The molecule has 10 heteroatoms. The number of carbonyl (C=O) groups is 1. The fourth-order valence-electron chi connectivity index (χ4n) is 3.57. The minimum Gasteiger partial charge on any atom is -0.373 e. The Morgan fingerprint density at radius 3 is 2.87 bits per heavy atom. The number of hydrogen-bond donors (Lipinski definition) is 2. The first-order valence-corrected chi connectivity index (χ1v) is 10.4. The Labute approximate surface area is 178 Å². The van der Waals surface area contributed by atoms with Crippen LogP contribution in [0.25, 0.3) is 32.2 Å². The quantitative estimate of drug-likeness (QED) is 0.462. The monoisotopic (exact) mass is 447 g/mol. The maximum atomic E-state index is 15.1. The number of H-pyrrole nitrogens is 1. The number of nitrogens with zero attached hydrogens (tertiary/aromatic N) is 3. The number of rotatable bonds is 4. The molecule has 0 saturated heterocycles. The first-order valence-electron chi connectivity index (χ1n) is 9.22. The molecular formula is C20H16ClF2N5OS. The Balaban J connectivity index is 1.59. The predicted molar refractivity (Wildman–Crippen MR) is 116 cm³/mol. The number of thiazole rings is 1. The van der Waals surface area contributed by atoms with E-state index in [0.717, 1.165) is 4.70 Å². The molecule has 0 bridgehead atoms. The largest absolute Gasteiger partial charge is 0.373 e. The molecule has 5 rings (SSSR count). The lowest BCUT2D eigenvalue weighted by molar-refractivity contribution is -0.117. The zero-order chi connectivity index (χ0) is 21.2. The Morgan fingerprint density at radius 1 is 1.40 bits per heavy atom. The molecule has 154 valence electrons. The number of fused-ring (bicyclic) bond motifs is 2. The van der Waals surface area contributed by atoms with Crippen LogP contribution in [0.1, 0.15) is 6.42 Å². The second kappa shape index (κ2) is 6.88. The molecule has 2 N–H and O–H groups in total. The second-order valence-electron chi connectivity index (χ2n) is 7.45. The molecule has 1 saturated carbocycles. The molecule has 1 aliphatic carbocycles. The topological polar surface area (TPSA) is 73.9 Å². The van der Waals surface area contributed by atoms with E-state index in [0.29, 0.717) is 38.4 Å². The third kappa shape index (κ3) is 3.00. The van der Waals surface area contributed by atoms with Gasteiger partial charge in [-0.2, -0.15) is 5.10 Å². The number of carbonyl (C=O) groups excluding carboxylic acids is 1. The summed E-state index contributed by atoms with van der Waals surface area (Å²) in [5.74, 6) is -1.47. The number of alkyl halides is 1. The number of benzene rings is 2. The van der Waals surface area contributed by atoms with Gasteiger partial charge in [-0.15, -0.1) is 0 Å². The lowest BCUT2D eigenvalue weighted by atomic mass is 10.00. The molecule has 30 heavy (non-hydrogen) atoms. The van der Waals surface area contributed by atoms with Crippen LogP contribution < -0.4 is 10.2 Å². The highest BCUT2D eigenvalue weighted by atomic mass is 35.5. The van der Waals surface area contributed by atoms with Crippen LogP contribution in [0, 0.1) is 11.7 Å². The first-order chi connectivity index (χ1) is 14.3. The third-order valence-electron chi connectivity index (χ3n) is 5.17. The fraction of sp³-hybridized carbons (Fsp3) is 0.250. The smallest absolute Gasteiger partial charge is 0.232 e. The van der Waals surface area contributed by atoms with Crippen LogP contribution in [0.5, 0.6) is 0 Å². The molecule has 2 atom stereocenters. The van der Waals surface area contributed by atoms with Crippen molar-refractivity contribution in [1.29, 1.82) is 0 Å². The number of amides is 1. The second-order valence-corrected chi connectivity index (χ2v) is 8.86. The zero-order valence-corrected chi connectivity index (χ0v) is 17.5. The molecular weight excluding hydrogens is 432 g/mol. The van der Waals surface area contributed by atoms with Crippen molar-refractivity contribution in [3.8, 4) is 11.1 Å². The van der Waals surface area contributed by atoms with Gasteiger partial charge in [-0.1, -0.05) is 29.0 Å². The molecule has 0 aliphatic heterocycles. The van der Waals surface area contributed by atoms with Gasteiger partial charge in [0.15, 0.2) is 10.9 Å². The van der Waals surface area contributed by atoms with E-state index in [1.165, 1.54) is 11.3 Å². The summed E-state index contributed by atoms with van der Waals surface area (Å²) in [7, 11) is 3.47. The van der Waals surface area contributed by atoms with Crippen molar-refractivity contribution >= 4 is 60.8 Å². The number of aromatic nitrogens is 3. The van der Waals surface area contributed by atoms with Gasteiger partial charge in [0.2, 0.25) is 5.91 Å². The van der Waals surface area contributed by atoms with Gasteiger partial charge in [0, 0.05) is 25.0 Å². The molecule has 1 fully saturated rings. The number of hydrogen-bond acceptors (Lipinski definition) is 5. The number of anilines is 2. The van der Waals surface area contributed by atoms with Crippen LogP contribution in [0.2, 0.25) is 5.02 Å². The highest BCUT2D eigenvalue weighted by Gasteiger charge is 2.43. The van der Waals surface area contributed by atoms with Crippen LogP contribution >= 0.6 is 22.9 Å². The van der Waals surface area contributed by atoms with Crippen molar-refractivity contribution < 1.29 is 13.6 Å². The maximum Gasteiger partial charge on any atom is 0.232 e. The Kier molecular flexibility index (Phi) is 4.41. The average Bonchev–Trinajstić information content (AvgIpc) is 3.08. The van der Waals surface area contributed by atoms with Gasteiger partial charge >= 0.3 is 0 Å². The molecule has 4 aromatic rings. The van der Waals surface area contributed by atoms with Crippen molar-refractivity contribution in [3.63, 3.8) is 0 Å². The first kappa shape index (κ1) is 19.2. The molecule has 2 aromatic heterocycles. The van der Waals surface area contributed by atoms with Crippen molar-refractivity contribution in [1.82, 2.24) is 15.2 Å². The van der Waals surface area contributed by atoms with Gasteiger partial charge in [0.1, 0.15) is 11.9 Å². The summed E-state index contributed by atoms with van der Waals surface area (Å²) in [6.07, 6.45) is 0.814. The van der Waals surface area contributed by atoms with Gasteiger partial charge in [-0.05, 0) is 24.1 Å². The minimum atomic E-state index is -1.06. The third-order valence-corrected chi connectivity index (χ3v) is 6.46. The van der Waals surface area contributed by atoms with E-state index in [9.17, 15) is 9.18 Å². The van der Waals surface area contributed by atoms with E-state index in [1.54, 1.807) is 37.3 Å². The van der Waals surface area contributed by atoms with Gasteiger partial charge in [-0.25, -0.2) is 13.8 Å². The van der Waals surface area contributed by atoms with Gasteiger partial charge in [0.05, 0.1) is 32.9 Å². The molecule has 6 nitrogen and oxygen atoms in total. The lowest BCUT2D eigenvalue weighted by Crippen LogP contribution is -2.14. The van der Waals surface area contributed by atoms with Crippen LogP contribution in [0.3, 0.4) is 0 Å². The Morgan fingerprint density at radius 2 is 2.17 bits per heavy atom. The summed E-state index contributed by atoms with van der Waals surface area (Å²) < 4.78 is 29.0. The van der Waals surface area contributed by atoms with Crippen molar-refractivity contribution in [2.24, 2.45) is 5.92 Å². The van der Waals surface area contributed by atoms with Gasteiger partial charge in [-0.3, -0.25) is 9.89 Å². The SMILES string of the molecule is CN(C)c1c(F)c(Cl)c(-c2ccc3nc(NC(=O)[C@@H]4C[C@@H]4F)sc3c2)c2cn[nH]c12. The van der Waals surface area contributed by atoms with E-state index in [-0.39, 0.29) is 17.4 Å². The summed E-state index contributed by atoms with van der Waals surface area (Å²) in [6, 6.07) is 5.43. The van der Waals surface area contributed by atoms with Crippen LogP contribution in [0.4, 0.5) is 19.6 Å². The van der Waals surface area contributed by atoms with Crippen LogP contribution in [-0.2, 0) is 4.79 Å².